The van der Waals surface area contributed by atoms with E-state index in [0.717, 1.165) is 5.69 Å². The lowest BCUT2D eigenvalue weighted by molar-refractivity contribution is -0.117. The molecule has 1 aliphatic heterocycles. The van der Waals surface area contributed by atoms with Crippen LogP contribution in [0, 0.1) is 0 Å². The van der Waals surface area contributed by atoms with Gasteiger partial charge in [-0.2, -0.15) is 5.10 Å². The van der Waals surface area contributed by atoms with E-state index in [1.165, 1.54) is 12.4 Å². The van der Waals surface area contributed by atoms with Crippen LogP contribution in [0.1, 0.15) is 17.5 Å². The maximum absolute atomic E-state index is 12.0. The molecule has 0 radical (unpaired) electrons. The molecule has 0 unspecified atom stereocenters. The maximum Gasteiger partial charge on any atom is 0.239 e. The van der Waals surface area contributed by atoms with Crippen LogP contribution in [-0.4, -0.2) is 60.5 Å². The fraction of sp³-hybridized carbons (Fsp3) is 0.429. The summed E-state index contributed by atoms with van der Waals surface area (Å²) in [7, 11) is 0. The molecule has 9 heteroatoms. The van der Waals surface area contributed by atoms with Crippen molar-refractivity contribution in [2.45, 2.75) is 19.2 Å². The number of amides is 1. The molecular weight excluding hydrogens is 300 g/mol. The van der Waals surface area contributed by atoms with Gasteiger partial charge in [0.2, 0.25) is 5.91 Å². The zero-order valence-corrected chi connectivity index (χ0v) is 12.5. The molecule has 1 aliphatic rings. The standard InChI is InChI=1S/C14H18N6O3/c21-9-12(22)11-5-10-7-19(3-4-20(10)18-11)8-14(23)17-13-6-15-1-2-16-13/h1-2,5-6,12,21-22H,3-4,7-9H2,(H,16,17,23)/t12-/m0/s1. The third kappa shape index (κ3) is 3.70. The Labute approximate surface area is 132 Å². The molecule has 0 aromatic carbocycles. The Balaban J connectivity index is 1.59. The van der Waals surface area contributed by atoms with Crippen LogP contribution in [0.4, 0.5) is 5.82 Å². The Bertz CT molecular complexity index is 674. The normalized spacial score (nSPS) is 15.9. The van der Waals surface area contributed by atoms with Crippen molar-refractivity contribution in [3.8, 4) is 0 Å². The highest BCUT2D eigenvalue weighted by molar-refractivity contribution is 5.91. The number of aromatic nitrogens is 4. The topological polar surface area (TPSA) is 116 Å². The quantitative estimate of drug-likeness (QED) is 0.657. The van der Waals surface area contributed by atoms with E-state index in [9.17, 15) is 9.90 Å². The SMILES string of the molecule is O=C(CN1CCn2nc([C@@H](O)CO)cc2C1)Nc1cnccn1. The second kappa shape index (κ2) is 6.82. The highest BCUT2D eigenvalue weighted by atomic mass is 16.3. The van der Waals surface area contributed by atoms with Crippen LogP contribution in [-0.2, 0) is 17.9 Å². The van der Waals surface area contributed by atoms with Gasteiger partial charge >= 0.3 is 0 Å². The summed E-state index contributed by atoms with van der Waals surface area (Å²) >= 11 is 0. The molecule has 1 atom stereocenters. The number of rotatable bonds is 5. The molecule has 122 valence electrons. The van der Waals surface area contributed by atoms with Crippen LogP contribution >= 0.6 is 0 Å². The van der Waals surface area contributed by atoms with Gasteiger partial charge in [0.1, 0.15) is 6.10 Å². The van der Waals surface area contributed by atoms with Gasteiger partial charge in [-0.15, -0.1) is 0 Å². The Morgan fingerprint density at radius 1 is 1.39 bits per heavy atom. The van der Waals surface area contributed by atoms with Gasteiger partial charge in [0.05, 0.1) is 37.3 Å². The predicted molar refractivity (Wildman–Crippen MR) is 80.2 cm³/mol. The molecule has 1 amide bonds. The zero-order valence-electron chi connectivity index (χ0n) is 12.5. The molecule has 3 rings (SSSR count). The number of aliphatic hydroxyl groups excluding tert-OH is 2. The molecular formula is C14H18N6O3. The van der Waals surface area contributed by atoms with Crippen molar-refractivity contribution in [3.05, 3.63) is 36.0 Å². The van der Waals surface area contributed by atoms with E-state index in [4.69, 9.17) is 5.11 Å². The van der Waals surface area contributed by atoms with Gasteiger partial charge < -0.3 is 15.5 Å². The number of nitrogens with zero attached hydrogens (tertiary/aromatic N) is 5. The van der Waals surface area contributed by atoms with Crippen molar-refractivity contribution in [1.29, 1.82) is 0 Å². The molecule has 9 nitrogen and oxygen atoms in total. The number of carbonyl (C=O) groups is 1. The second-order valence-corrected chi connectivity index (χ2v) is 5.33. The van der Waals surface area contributed by atoms with Crippen molar-refractivity contribution >= 4 is 11.7 Å². The molecule has 0 bridgehead atoms. The summed E-state index contributed by atoms with van der Waals surface area (Å²) in [6.07, 6.45) is 3.58. The van der Waals surface area contributed by atoms with E-state index in [1.54, 1.807) is 16.9 Å². The zero-order chi connectivity index (χ0) is 16.2. The van der Waals surface area contributed by atoms with Gasteiger partial charge in [-0.1, -0.05) is 0 Å². The van der Waals surface area contributed by atoms with Gasteiger partial charge in [0.25, 0.3) is 0 Å². The minimum Gasteiger partial charge on any atom is -0.393 e. The maximum atomic E-state index is 12.0. The van der Waals surface area contributed by atoms with Crippen LogP contribution in [0.2, 0.25) is 0 Å². The van der Waals surface area contributed by atoms with Crippen LogP contribution in [0.5, 0.6) is 0 Å². The molecule has 0 saturated carbocycles. The Morgan fingerprint density at radius 2 is 2.26 bits per heavy atom. The first kappa shape index (κ1) is 15.5. The Hall–Kier alpha value is -2.36. The molecule has 3 heterocycles. The van der Waals surface area contributed by atoms with Crippen LogP contribution in [0.3, 0.4) is 0 Å². The van der Waals surface area contributed by atoms with Gasteiger partial charge in [0, 0.05) is 25.5 Å². The number of carbonyl (C=O) groups excluding carboxylic acids is 1. The lowest BCUT2D eigenvalue weighted by atomic mass is 10.2. The number of hydrogen-bond donors (Lipinski definition) is 3. The highest BCUT2D eigenvalue weighted by Crippen LogP contribution is 2.17. The van der Waals surface area contributed by atoms with Crippen molar-refractivity contribution in [3.63, 3.8) is 0 Å². The molecule has 0 spiro atoms. The summed E-state index contributed by atoms with van der Waals surface area (Å²) in [5.74, 6) is 0.266. The van der Waals surface area contributed by atoms with Crippen molar-refractivity contribution in [2.75, 3.05) is 25.0 Å². The lowest BCUT2D eigenvalue weighted by Gasteiger charge is -2.26. The summed E-state index contributed by atoms with van der Waals surface area (Å²) in [5.41, 5.74) is 1.36. The fourth-order valence-electron chi connectivity index (χ4n) is 2.48. The molecule has 2 aromatic heterocycles. The van der Waals surface area contributed by atoms with Crippen LogP contribution in [0.25, 0.3) is 0 Å². The summed E-state index contributed by atoms with van der Waals surface area (Å²) < 4.78 is 1.80. The third-order valence-corrected chi connectivity index (χ3v) is 3.61. The lowest BCUT2D eigenvalue weighted by Crippen LogP contribution is -2.39. The third-order valence-electron chi connectivity index (χ3n) is 3.61. The molecule has 3 N–H and O–H groups in total. The van der Waals surface area contributed by atoms with E-state index < -0.39 is 6.10 Å². The van der Waals surface area contributed by atoms with Crippen molar-refractivity contribution < 1.29 is 15.0 Å². The molecule has 2 aromatic rings. The van der Waals surface area contributed by atoms with E-state index in [2.05, 4.69) is 20.4 Å². The molecule has 0 aliphatic carbocycles. The average molecular weight is 318 g/mol. The Kier molecular flexibility index (Phi) is 4.60. The predicted octanol–water partition coefficient (Wildman–Crippen LogP) is -0.847. The average Bonchev–Trinajstić information content (AvgIpc) is 2.98. The minimum absolute atomic E-state index is 0.158. The monoisotopic (exact) mass is 318 g/mol. The van der Waals surface area contributed by atoms with E-state index >= 15 is 0 Å². The van der Waals surface area contributed by atoms with Crippen molar-refractivity contribution in [1.82, 2.24) is 24.6 Å². The number of anilines is 1. The number of hydrogen-bond acceptors (Lipinski definition) is 7. The first-order valence-corrected chi connectivity index (χ1v) is 7.29. The highest BCUT2D eigenvalue weighted by Gasteiger charge is 2.22. The smallest absolute Gasteiger partial charge is 0.239 e. The van der Waals surface area contributed by atoms with Crippen molar-refractivity contribution in [2.24, 2.45) is 0 Å². The van der Waals surface area contributed by atoms with Crippen LogP contribution in [0.15, 0.2) is 24.7 Å². The van der Waals surface area contributed by atoms with Gasteiger partial charge in [-0.25, -0.2) is 4.98 Å². The molecule has 23 heavy (non-hydrogen) atoms. The van der Waals surface area contributed by atoms with E-state index in [0.29, 0.717) is 31.1 Å². The minimum atomic E-state index is -0.971. The van der Waals surface area contributed by atoms with Gasteiger partial charge in [0.15, 0.2) is 5.82 Å². The van der Waals surface area contributed by atoms with Gasteiger partial charge in [-0.3, -0.25) is 19.4 Å². The molecule has 0 saturated heterocycles. The number of fused-ring (bicyclic) bond motifs is 1. The Morgan fingerprint density at radius 3 is 3.00 bits per heavy atom. The summed E-state index contributed by atoms with van der Waals surface area (Å²) in [6.45, 7) is 1.74. The second-order valence-electron chi connectivity index (χ2n) is 5.33. The largest absolute Gasteiger partial charge is 0.393 e. The van der Waals surface area contributed by atoms with Crippen LogP contribution < -0.4 is 5.32 Å². The van der Waals surface area contributed by atoms with E-state index in [-0.39, 0.29) is 19.1 Å². The summed E-state index contributed by atoms with van der Waals surface area (Å²) in [6, 6.07) is 1.76. The number of aliphatic hydroxyl groups is 2. The summed E-state index contributed by atoms with van der Waals surface area (Å²) in [5, 5.41) is 25.6. The van der Waals surface area contributed by atoms with Gasteiger partial charge in [-0.05, 0) is 6.07 Å². The van der Waals surface area contributed by atoms with E-state index in [1.807, 2.05) is 4.90 Å². The number of nitrogens with one attached hydrogen (secondary N) is 1. The first-order valence-electron chi connectivity index (χ1n) is 7.29. The summed E-state index contributed by atoms with van der Waals surface area (Å²) in [4.78, 5) is 21.9. The fourth-order valence-corrected chi connectivity index (χ4v) is 2.48. The molecule has 0 fully saturated rings. The first-order chi connectivity index (χ1) is 11.2.